The van der Waals surface area contributed by atoms with Gasteiger partial charge in [-0.2, -0.15) is 0 Å². The minimum absolute atomic E-state index is 0.634. The van der Waals surface area contributed by atoms with E-state index in [0.29, 0.717) is 6.42 Å². The SMILES string of the molecule is COc1ccc(CN(C)CCC(C)(C)C(=O)O)cc1. The molecular formula is C15H23NO3. The molecule has 0 fully saturated rings. The van der Waals surface area contributed by atoms with Crippen molar-refractivity contribution in [2.45, 2.75) is 26.8 Å². The molecule has 106 valence electrons. The van der Waals surface area contributed by atoms with Gasteiger partial charge in [-0.15, -0.1) is 0 Å². The van der Waals surface area contributed by atoms with E-state index >= 15 is 0 Å². The first kappa shape index (κ1) is 15.5. The summed E-state index contributed by atoms with van der Waals surface area (Å²) in [5.74, 6) is 0.101. The fourth-order valence-electron chi connectivity index (χ4n) is 1.70. The molecule has 0 aliphatic heterocycles. The van der Waals surface area contributed by atoms with Gasteiger partial charge in [0.25, 0.3) is 0 Å². The Labute approximate surface area is 115 Å². The Bertz CT molecular complexity index is 412. The van der Waals surface area contributed by atoms with E-state index in [2.05, 4.69) is 4.90 Å². The van der Waals surface area contributed by atoms with Gasteiger partial charge in [-0.25, -0.2) is 0 Å². The second-order valence-corrected chi connectivity index (χ2v) is 5.52. The van der Waals surface area contributed by atoms with Crippen molar-refractivity contribution in [2.24, 2.45) is 5.41 Å². The maximum absolute atomic E-state index is 11.0. The predicted molar refractivity (Wildman–Crippen MR) is 75.4 cm³/mol. The first-order valence-electron chi connectivity index (χ1n) is 6.40. The highest BCUT2D eigenvalue weighted by molar-refractivity contribution is 5.73. The van der Waals surface area contributed by atoms with Crippen LogP contribution in [0.5, 0.6) is 5.75 Å². The second kappa shape index (κ2) is 6.57. The summed E-state index contributed by atoms with van der Waals surface area (Å²) in [6, 6.07) is 7.92. The Morgan fingerprint density at radius 1 is 1.32 bits per heavy atom. The van der Waals surface area contributed by atoms with E-state index in [1.807, 2.05) is 31.3 Å². The van der Waals surface area contributed by atoms with Crippen LogP contribution in [0.25, 0.3) is 0 Å². The van der Waals surface area contributed by atoms with Crippen molar-refractivity contribution < 1.29 is 14.6 Å². The van der Waals surface area contributed by atoms with Gasteiger partial charge in [-0.1, -0.05) is 12.1 Å². The summed E-state index contributed by atoms with van der Waals surface area (Å²) in [5.41, 5.74) is 0.519. The fraction of sp³-hybridized carbons (Fsp3) is 0.533. The molecule has 0 atom stereocenters. The summed E-state index contributed by atoms with van der Waals surface area (Å²) in [4.78, 5) is 13.2. The van der Waals surface area contributed by atoms with Crippen molar-refractivity contribution in [3.8, 4) is 5.75 Å². The number of hydrogen-bond acceptors (Lipinski definition) is 3. The zero-order chi connectivity index (χ0) is 14.5. The molecule has 0 saturated heterocycles. The molecule has 1 N–H and O–H groups in total. The maximum atomic E-state index is 11.0. The maximum Gasteiger partial charge on any atom is 0.309 e. The molecule has 0 spiro atoms. The highest BCUT2D eigenvalue weighted by atomic mass is 16.5. The number of nitrogens with zero attached hydrogens (tertiary/aromatic N) is 1. The topological polar surface area (TPSA) is 49.8 Å². The first-order valence-corrected chi connectivity index (χ1v) is 6.40. The van der Waals surface area contributed by atoms with Crippen molar-refractivity contribution in [2.75, 3.05) is 20.7 Å². The molecule has 4 heteroatoms. The molecule has 0 aromatic heterocycles. The van der Waals surface area contributed by atoms with Gasteiger partial charge in [0.15, 0.2) is 0 Å². The lowest BCUT2D eigenvalue weighted by Gasteiger charge is -2.23. The van der Waals surface area contributed by atoms with Crippen LogP contribution in [-0.4, -0.2) is 36.7 Å². The molecule has 0 heterocycles. The van der Waals surface area contributed by atoms with E-state index in [1.165, 1.54) is 5.56 Å². The van der Waals surface area contributed by atoms with Crippen LogP contribution < -0.4 is 4.74 Å². The number of benzene rings is 1. The van der Waals surface area contributed by atoms with Crippen LogP contribution in [0.15, 0.2) is 24.3 Å². The van der Waals surface area contributed by atoms with Gasteiger partial charge in [-0.3, -0.25) is 4.79 Å². The average Bonchev–Trinajstić information content (AvgIpc) is 2.37. The van der Waals surface area contributed by atoms with Crippen molar-refractivity contribution in [1.29, 1.82) is 0 Å². The Hall–Kier alpha value is -1.55. The van der Waals surface area contributed by atoms with Crippen LogP contribution in [0.1, 0.15) is 25.8 Å². The Morgan fingerprint density at radius 2 is 1.89 bits per heavy atom. The molecule has 0 aliphatic carbocycles. The largest absolute Gasteiger partial charge is 0.497 e. The highest BCUT2D eigenvalue weighted by Gasteiger charge is 2.26. The van der Waals surface area contributed by atoms with Gasteiger partial charge in [0, 0.05) is 6.54 Å². The number of ether oxygens (including phenoxy) is 1. The zero-order valence-corrected chi connectivity index (χ0v) is 12.1. The molecular weight excluding hydrogens is 242 g/mol. The summed E-state index contributed by atoms with van der Waals surface area (Å²) in [6.45, 7) is 5.08. The summed E-state index contributed by atoms with van der Waals surface area (Å²) >= 11 is 0. The summed E-state index contributed by atoms with van der Waals surface area (Å²) in [5, 5.41) is 9.07. The normalized spacial score (nSPS) is 11.6. The molecule has 1 aromatic carbocycles. The lowest BCUT2D eigenvalue weighted by Crippen LogP contribution is -2.29. The predicted octanol–water partition coefficient (Wildman–Crippen LogP) is 2.63. The van der Waals surface area contributed by atoms with Crippen molar-refractivity contribution >= 4 is 5.97 Å². The lowest BCUT2D eigenvalue weighted by molar-refractivity contribution is -0.147. The Balaban J connectivity index is 2.46. The van der Waals surface area contributed by atoms with Crippen molar-refractivity contribution in [3.05, 3.63) is 29.8 Å². The molecule has 4 nitrogen and oxygen atoms in total. The minimum atomic E-state index is -0.745. The molecule has 0 unspecified atom stereocenters. The standard InChI is InChI=1S/C15H23NO3/c1-15(2,14(17)18)9-10-16(3)11-12-5-7-13(19-4)8-6-12/h5-8H,9-11H2,1-4H3,(H,17,18). The van der Waals surface area contributed by atoms with Crippen LogP contribution in [0.2, 0.25) is 0 Å². The molecule has 1 aromatic rings. The Morgan fingerprint density at radius 3 is 2.37 bits per heavy atom. The van der Waals surface area contributed by atoms with E-state index in [0.717, 1.165) is 18.8 Å². The summed E-state index contributed by atoms with van der Waals surface area (Å²) < 4.78 is 5.11. The smallest absolute Gasteiger partial charge is 0.309 e. The van der Waals surface area contributed by atoms with Gasteiger partial charge >= 0.3 is 5.97 Å². The third-order valence-electron chi connectivity index (χ3n) is 3.31. The van der Waals surface area contributed by atoms with Gasteiger partial charge in [0.05, 0.1) is 12.5 Å². The number of carboxylic acids is 1. The molecule has 1 rings (SSSR count). The number of carbonyl (C=O) groups is 1. The van der Waals surface area contributed by atoms with Gasteiger partial charge in [0.1, 0.15) is 5.75 Å². The van der Waals surface area contributed by atoms with E-state index in [4.69, 9.17) is 9.84 Å². The average molecular weight is 265 g/mol. The van der Waals surface area contributed by atoms with Crippen LogP contribution >= 0.6 is 0 Å². The third-order valence-corrected chi connectivity index (χ3v) is 3.31. The summed E-state index contributed by atoms with van der Waals surface area (Å²) in [6.07, 6.45) is 0.634. The fourth-order valence-corrected chi connectivity index (χ4v) is 1.70. The summed E-state index contributed by atoms with van der Waals surface area (Å²) in [7, 11) is 3.65. The molecule has 0 radical (unpaired) electrons. The van der Waals surface area contributed by atoms with Gasteiger partial charge in [-0.05, 0) is 51.6 Å². The lowest BCUT2D eigenvalue weighted by atomic mass is 9.89. The van der Waals surface area contributed by atoms with E-state index < -0.39 is 11.4 Å². The first-order chi connectivity index (χ1) is 8.85. The van der Waals surface area contributed by atoms with Gasteiger partial charge < -0.3 is 14.7 Å². The van der Waals surface area contributed by atoms with Crippen LogP contribution in [-0.2, 0) is 11.3 Å². The molecule has 0 aliphatic rings. The van der Waals surface area contributed by atoms with Crippen LogP contribution in [0.4, 0.5) is 0 Å². The molecule has 0 bridgehead atoms. The quantitative estimate of drug-likeness (QED) is 0.823. The van der Waals surface area contributed by atoms with E-state index in [9.17, 15) is 4.79 Å². The highest BCUT2D eigenvalue weighted by Crippen LogP contribution is 2.21. The van der Waals surface area contributed by atoms with E-state index in [-0.39, 0.29) is 0 Å². The van der Waals surface area contributed by atoms with E-state index in [1.54, 1.807) is 21.0 Å². The second-order valence-electron chi connectivity index (χ2n) is 5.52. The van der Waals surface area contributed by atoms with Crippen LogP contribution in [0.3, 0.4) is 0 Å². The van der Waals surface area contributed by atoms with Crippen molar-refractivity contribution in [1.82, 2.24) is 4.90 Å². The number of rotatable bonds is 7. The number of methoxy groups -OCH3 is 1. The number of aliphatic carboxylic acids is 1. The zero-order valence-electron chi connectivity index (χ0n) is 12.1. The number of carboxylic acid groups (broad SMARTS) is 1. The molecule has 0 saturated carbocycles. The third kappa shape index (κ3) is 4.91. The molecule has 0 amide bonds. The monoisotopic (exact) mass is 265 g/mol. The minimum Gasteiger partial charge on any atom is -0.497 e. The number of hydrogen-bond donors (Lipinski definition) is 1. The Kier molecular flexibility index (Phi) is 5.36. The van der Waals surface area contributed by atoms with Crippen LogP contribution in [0, 0.1) is 5.41 Å². The van der Waals surface area contributed by atoms with Gasteiger partial charge in [0.2, 0.25) is 0 Å². The van der Waals surface area contributed by atoms with Crippen molar-refractivity contribution in [3.63, 3.8) is 0 Å². The molecule has 19 heavy (non-hydrogen) atoms.